The summed E-state index contributed by atoms with van der Waals surface area (Å²) in [4.78, 5) is 19.4. The van der Waals surface area contributed by atoms with Crippen LogP contribution in [0, 0.1) is 0 Å². The number of aromatic nitrogens is 1. The number of halogens is 3. The van der Waals surface area contributed by atoms with Crippen LogP contribution in [0.4, 0.5) is 13.2 Å². The van der Waals surface area contributed by atoms with Gasteiger partial charge in [0, 0.05) is 24.5 Å². The molecule has 1 unspecified atom stereocenters. The van der Waals surface area contributed by atoms with Crippen molar-refractivity contribution in [3.05, 3.63) is 111 Å². The van der Waals surface area contributed by atoms with Crippen molar-refractivity contribution in [2.24, 2.45) is 0 Å². The van der Waals surface area contributed by atoms with Crippen LogP contribution in [0.5, 0.6) is 11.5 Å². The van der Waals surface area contributed by atoms with E-state index in [9.17, 15) is 18.0 Å². The van der Waals surface area contributed by atoms with Crippen LogP contribution in [-0.4, -0.2) is 28.6 Å². The summed E-state index contributed by atoms with van der Waals surface area (Å²) >= 11 is 1.35. The first-order chi connectivity index (χ1) is 19.7. The molecule has 1 aliphatic rings. The van der Waals surface area contributed by atoms with Crippen LogP contribution in [0.2, 0.25) is 0 Å². The van der Waals surface area contributed by atoms with E-state index in [1.807, 2.05) is 48.2 Å². The van der Waals surface area contributed by atoms with Gasteiger partial charge in [0.1, 0.15) is 10.7 Å². The Labute approximate surface area is 240 Å². The van der Waals surface area contributed by atoms with Gasteiger partial charge < -0.3 is 14.8 Å². The van der Waals surface area contributed by atoms with Crippen LogP contribution in [-0.2, 0) is 32.2 Å². The Morgan fingerprint density at radius 3 is 2.46 bits per heavy atom. The zero-order valence-corrected chi connectivity index (χ0v) is 23.3. The molecule has 0 saturated carbocycles. The van der Waals surface area contributed by atoms with Gasteiger partial charge in [-0.25, -0.2) is 4.98 Å². The first kappa shape index (κ1) is 28.6. The lowest BCUT2D eigenvalue weighted by atomic mass is 10.1. The highest BCUT2D eigenvalue weighted by atomic mass is 32.1. The number of carbonyl (C=O) groups is 1. The van der Waals surface area contributed by atoms with Crippen molar-refractivity contribution in [3.63, 3.8) is 0 Å². The van der Waals surface area contributed by atoms with Gasteiger partial charge in [0.25, 0.3) is 5.91 Å². The fraction of sp³-hybridized carbons (Fsp3) is 0.290. The molecule has 6 nitrogen and oxygen atoms in total. The van der Waals surface area contributed by atoms with Crippen molar-refractivity contribution in [2.45, 2.75) is 51.6 Å². The first-order valence-electron chi connectivity index (χ1n) is 13.3. The molecular formula is C31H30F3N3O3S. The zero-order valence-electron chi connectivity index (χ0n) is 22.5. The van der Waals surface area contributed by atoms with Gasteiger partial charge in [-0.3, -0.25) is 9.69 Å². The largest absolute Gasteiger partial charge is 0.454 e. The van der Waals surface area contributed by atoms with E-state index in [2.05, 4.69) is 22.4 Å². The van der Waals surface area contributed by atoms with Crippen LogP contribution in [0.1, 0.15) is 51.1 Å². The van der Waals surface area contributed by atoms with Gasteiger partial charge in [-0.1, -0.05) is 54.6 Å². The molecule has 2 heterocycles. The molecule has 214 valence electrons. The minimum Gasteiger partial charge on any atom is -0.454 e. The topological polar surface area (TPSA) is 63.7 Å². The van der Waals surface area contributed by atoms with Crippen LogP contribution in [0.3, 0.4) is 0 Å². The number of thiazole rings is 1. The van der Waals surface area contributed by atoms with Crippen molar-refractivity contribution >= 4 is 17.2 Å². The average molecular weight is 582 g/mol. The molecule has 1 aliphatic heterocycles. The SMILES string of the molecule is CC(CCc1ccccc1)NC(=O)c1csc(CN(Cc2cccc(C(F)(F)F)c2)Cc2ccc3c(c2)OCO3)n1. The fourth-order valence-electron chi connectivity index (χ4n) is 4.65. The molecule has 0 saturated heterocycles. The second kappa shape index (κ2) is 12.7. The average Bonchev–Trinajstić information content (AvgIpc) is 3.62. The number of nitrogens with one attached hydrogen (secondary N) is 1. The smallest absolute Gasteiger partial charge is 0.416 e. The van der Waals surface area contributed by atoms with E-state index in [-0.39, 0.29) is 25.3 Å². The highest BCUT2D eigenvalue weighted by molar-refractivity contribution is 7.09. The molecule has 0 bridgehead atoms. The molecular weight excluding hydrogens is 551 g/mol. The predicted molar refractivity (Wildman–Crippen MR) is 151 cm³/mol. The number of hydrogen-bond donors (Lipinski definition) is 1. The van der Waals surface area contributed by atoms with Crippen molar-refractivity contribution in [3.8, 4) is 11.5 Å². The van der Waals surface area contributed by atoms with E-state index in [0.717, 1.165) is 24.5 Å². The third kappa shape index (κ3) is 7.86. The Hall–Kier alpha value is -3.89. The minimum atomic E-state index is -4.42. The number of fused-ring (bicyclic) bond motifs is 1. The number of carbonyl (C=O) groups excluding carboxylic acids is 1. The lowest BCUT2D eigenvalue weighted by Crippen LogP contribution is -2.33. The number of nitrogens with zero attached hydrogens (tertiary/aromatic N) is 2. The van der Waals surface area contributed by atoms with Crippen molar-refractivity contribution in [2.75, 3.05) is 6.79 Å². The lowest BCUT2D eigenvalue weighted by Gasteiger charge is -2.22. The number of amides is 1. The van der Waals surface area contributed by atoms with Crippen molar-refractivity contribution in [1.29, 1.82) is 0 Å². The molecule has 5 rings (SSSR count). The van der Waals surface area contributed by atoms with Gasteiger partial charge in [0.2, 0.25) is 6.79 Å². The maximum Gasteiger partial charge on any atom is 0.416 e. The number of ether oxygens (including phenoxy) is 2. The van der Waals surface area contributed by atoms with E-state index in [1.165, 1.54) is 29.0 Å². The van der Waals surface area contributed by atoms with Crippen LogP contribution in [0.15, 0.2) is 78.2 Å². The summed E-state index contributed by atoms with van der Waals surface area (Å²) in [5.74, 6) is 1.05. The quantitative estimate of drug-likeness (QED) is 0.210. The summed E-state index contributed by atoms with van der Waals surface area (Å²) in [5, 5.41) is 5.43. The van der Waals surface area contributed by atoms with Gasteiger partial charge in [-0.15, -0.1) is 11.3 Å². The number of rotatable bonds is 11. The van der Waals surface area contributed by atoms with Crippen LogP contribution in [0.25, 0.3) is 0 Å². The van der Waals surface area contributed by atoms with E-state index in [0.29, 0.717) is 40.9 Å². The Morgan fingerprint density at radius 2 is 1.68 bits per heavy atom. The standard InChI is InChI=1S/C31H30F3N3O3S/c1-21(10-11-22-6-3-2-4-7-22)35-30(38)26-19-41-29(36-26)18-37(16-23-8-5-9-25(14-23)31(32,33)34)17-24-12-13-27-28(15-24)40-20-39-27/h2-9,12-15,19,21H,10-11,16-18,20H2,1H3,(H,35,38). The molecule has 0 fully saturated rings. The second-order valence-corrected chi connectivity index (χ2v) is 11.0. The maximum atomic E-state index is 13.3. The molecule has 0 radical (unpaired) electrons. The normalized spacial score (nSPS) is 13.4. The number of benzene rings is 3. The summed E-state index contributed by atoms with van der Waals surface area (Å²) in [5.41, 5.74) is 2.31. The Kier molecular flexibility index (Phi) is 8.90. The molecule has 1 aromatic heterocycles. The molecule has 1 atom stereocenters. The highest BCUT2D eigenvalue weighted by Gasteiger charge is 2.30. The number of aryl methyl sites for hydroxylation is 1. The van der Waals surface area contributed by atoms with Crippen molar-refractivity contribution < 1.29 is 27.4 Å². The number of alkyl halides is 3. The third-order valence-corrected chi connectivity index (χ3v) is 7.57. The fourth-order valence-corrected chi connectivity index (χ4v) is 5.46. The summed E-state index contributed by atoms with van der Waals surface area (Å²) in [7, 11) is 0. The summed E-state index contributed by atoms with van der Waals surface area (Å²) in [6.45, 7) is 3.17. The zero-order chi connectivity index (χ0) is 28.8. The van der Waals surface area contributed by atoms with Gasteiger partial charge in [0.05, 0.1) is 12.1 Å². The Bertz CT molecular complexity index is 1480. The minimum absolute atomic E-state index is 0.0312. The monoisotopic (exact) mass is 581 g/mol. The van der Waals surface area contributed by atoms with Gasteiger partial charge in [0.15, 0.2) is 11.5 Å². The second-order valence-electron chi connectivity index (χ2n) is 10.1. The summed E-state index contributed by atoms with van der Waals surface area (Å²) in [6, 6.07) is 21.0. The van der Waals surface area contributed by atoms with E-state index < -0.39 is 11.7 Å². The lowest BCUT2D eigenvalue weighted by molar-refractivity contribution is -0.137. The first-order valence-corrected chi connectivity index (χ1v) is 14.2. The van der Waals surface area contributed by atoms with Crippen LogP contribution >= 0.6 is 11.3 Å². The van der Waals surface area contributed by atoms with Gasteiger partial charge in [-0.2, -0.15) is 13.2 Å². The summed E-state index contributed by atoms with van der Waals surface area (Å²) in [6.07, 6.45) is -2.77. The maximum absolute atomic E-state index is 13.3. The molecule has 4 aromatic rings. The molecule has 3 aromatic carbocycles. The van der Waals surface area contributed by atoms with E-state index in [1.54, 1.807) is 11.4 Å². The van der Waals surface area contributed by atoms with Crippen molar-refractivity contribution in [1.82, 2.24) is 15.2 Å². The van der Waals surface area contributed by atoms with Crippen LogP contribution < -0.4 is 14.8 Å². The van der Waals surface area contributed by atoms with Gasteiger partial charge >= 0.3 is 6.18 Å². The van der Waals surface area contributed by atoms with Gasteiger partial charge in [-0.05, 0) is 54.7 Å². The number of hydrogen-bond acceptors (Lipinski definition) is 6. The molecule has 0 aliphatic carbocycles. The Balaban J connectivity index is 1.26. The molecule has 0 spiro atoms. The molecule has 1 N–H and O–H groups in total. The van der Waals surface area contributed by atoms with E-state index in [4.69, 9.17) is 9.47 Å². The molecule has 41 heavy (non-hydrogen) atoms. The molecule has 10 heteroatoms. The predicted octanol–water partition coefficient (Wildman–Crippen LogP) is 6.84. The van der Waals surface area contributed by atoms with E-state index >= 15 is 0 Å². The third-order valence-electron chi connectivity index (χ3n) is 6.73. The highest BCUT2D eigenvalue weighted by Crippen LogP contribution is 2.33. The molecule has 1 amide bonds. The Morgan fingerprint density at radius 1 is 0.951 bits per heavy atom. The summed E-state index contributed by atoms with van der Waals surface area (Å²) < 4.78 is 50.9.